The number of carbonyl (C=O) groups excluding carboxylic acids is 3. The quantitative estimate of drug-likeness (QED) is 0.325. The van der Waals surface area contributed by atoms with E-state index >= 15 is 0 Å². The van der Waals surface area contributed by atoms with Crippen LogP contribution in [0.4, 0.5) is 11.4 Å². The second-order valence-electron chi connectivity index (χ2n) is 7.57. The molecule has 35 heavy (non-hydrogen) atoms. The first-order valence-corrected chi connectivity index (χ1v) is 11.9. The molecule has 1 heterocycles. The summed E-state index contributed by atoms with van der Waals surface area (Å²) in [6.07, 6.45) is 0.656. The minimum Gasteiger partial charge on any atom is -0.497 e. The number of thioether (sulfide) groups is 1. The number of hydrogen-bond acceptors (Lipinski definition) is 7. The largest absolute Gasteiger partial charge is 0.497 e. The zero-order valence-corrected chi connectivity index (χ0v) is 20.1. The van der Waals surface area contributed by atoms with E-state index in [1.165, 1.54) is 11.8 Å². The van der Waals surface area contributed by atoms with E-state index in [0.717, 1.165) is 9.80 Å². The molecule has 1 aliphatic rings. The molecule has 3 aromatic rings. The van der Waals surface area contributed by atoms with E-state index in [0.29, 0.717) is 17.9 Å². The maximum atomic E-state index is 13.7. The molecule has 0 bridgehead atoms. The van der Waals surface area contributed by atoms with Gasteiger partial charge in [0.25, 0.3) is 11.8 Å². The molecule has 0 aromatic heterocycles. The Bertz CT molecular complexity index is 1290. The number of benzene rings is 3. The predicted octanol–water partition coefficient (Wildman–Crippen LogP) is 5.25. The van der Waals surface area contributed by atoms with E-state index < -0.39 is 17.8 Å². The van der Waals surface area contributed by atoms with Crippen molar-refractivity contribution in [3.05, 3.63) is 95.0 Å². The van der Waals surface area contributed by atoms with Gasteiger partial charge in [0.05, 0.1) is 25.0 Å². The van der Waals surface area contributed by atoms with E-state index in [4.69, 9.17) is 9.47 Å². The summed E-state index contributed by atoms with van der Waals surface area (Å²) in [6, 6.07) is 22.8. The molecule has 0 saturated heterocycles. The van der Waals surface area contributed by atoms with Crippen molar-refractivity contribution in [1.29, 1.82) is 0 Å². The number of esters is 1. The molecule has 8 heteroatoms. The molecule has 7 nitrogen and oxygen atoms in total. The van der Waals surface area contributed by atoms with Crippen LogP contribution in [0.15, 0.2) is 94.4 Å². The van der Waals surface area contributed by atoms with Crippen LogP contribution in [0.3, 0.4) is 0 Å². The number of nitrogens with zero attached hydrogens (tertiary/aromatic N) is 1. The molecule has 0 radical (unpaired) electrons. The summed E-state index contributed by atoms with van der Waals surface area (Å²) in [5.41, 5.74) is 1.03. The Balaban J connectivity index is 1.75. The van der Waals surface area contributed by atoms with Crippen molar-refractivity contribution < 1.29 is 23.9 Å². The lowest BCUT2D eigenvalue weighted by molar-refractivity contribution is -0.120. The first kappa shape index (κ1) is 24.1. The summed E-state index contributed by atoms with van der Waals surface area (Å²) in [5.74, 6) is -1.07. The molecule has 178 valence electrons. The summed E-state index contributed by atoms with van der Waals surface area (Å²) in [5, 5.41) is 3.10. The zero-order valence-electron chi connectivity index (χ0n) is 19.3. The van der Waals surface area contributed by atoms with Crippen LogP contribution in [0.25, 0.3) is 0 Å². The summed E-state index contributed by atoms with van der Waals surface area (Å²) in [4.78, 5) is 42.0. The van der Waals surface area contributed by atoms with Crippen LogP contribution >= 0.6 is 11.8 Å². The molecule has 3 aromatic carbocycles. The minimum atomic E-state index is -0.588. The number of methoxy groups -OCH3 is 1. The normalized spacial score (nSPS) is 13.3. The second-order valence-corrected chi connectivity index (χ2v) is 8.66. The SMILES string of the molecule is CCCOC(=O)c1ccccc1N1C(=O)C(Nc2cccc(OC)c2)=C(Sc2ccccc2)C1=O. The minimum absolute atomic E-state index is 0.119. The molecule has 1 N–H and O–H groups in total. The van der Waals surface area contributed by atoms with Crippen LogP contribution in [0.5, 0.6) is 5.75 Å². The third-order valence-corrected chi connectivity index (χ3v) is 6.24. The molecular weight excluding hydrogens is 464 g/mol. The molecule has 4 rings (SSSR count). The Kier molecular flexibility index (Phi) is 7.52. The maximum Gasteiger partial charge on any atom is 0.340 e. The topological polar surface area (TPSA) is 84.9 Å². The van der Waals surface area contributed by atoms with Crippen molar-refractivity contribution in [2.75, 3.05) is 23.9 Å². The highest BCUT2D eigenvalue weighted by molar-refractivity contribution is 8.04. The van der Waals surface area contributed by atoms with Gasteiger partial charge in [-0.2, -0.15) is 0 Å². The number of imide groups is 1. The number of anilines is 2. The van der Waals surface area contributed by atoms with Crippen LogP contribution in [0.2, 0.25) is 0 Å². The Hall–Kier alpha value is -4.04. The third-order valence-electron chi connectivity index (χ3n) is 5.15. The molecule has 0 fully saturated rings. The number of amides is 2. The van der Waals surface area contributed by atoms with Crippen molar-refractivity contribution >= 4 is 40.9 Å². The molecule has 0 spiro atoms. The van der Waals surface area contributed by atoms with Crippen LogP contribution in [0, 0.1) is 0 Å². The zero-order chi connectivity index (χ0) is 24.8. The summed E-state index contributed by atoms with van der Waals surface area (Å²) < 4.78 is 10.6. The van der Waals surface area contributed by atoms with Crippen molar-refractivity contribution in [3.8, 4) is 5.75 Å². The highest BCUT2D eigenvalue weighted by Gasteiger charge is 2.41. The smallest absolute Gasteiger partial charge is 0.340 e. The third kappa shape index (κ3) is 5.22. The van der Waals surface area contributed by atoms with Gasteiger partial charge in [0.1, 0.15) is 16.4 Å². The lowest BCUT2D eigenvalue weighted by atomic mass is 10.1. The summed E-state index contributed by atoms with van der Waals surface area (Å²) >= 11 is 1.18. The Morgan fingerprint density at radius 3 is 2.43 bits per heavy atom. The Morgan fingerprint density at radius 1 is 0.943 bits per heavy atom. The first-order chi connectivity index (χ1) is 17.0. The standard InChI is InChI=1S/C27H24N2O5S/c1-3-16-34-27(32)21-14-7-8-15-22(21)29-25(30)23(28-18-10-9-11-19(17-18)33-2)24(26(29)31)35-20-12-5-4-6-13-20/h4-15,17,28H,3,16H2,1-2H3. The molecule has 1 aliphatic heterocycles. The Labute approximate surface area is 207 Å². The van der Waals surface area contributed by atoms with Crippen molar-refractivity contribution in [2.24, 2.45) is 0 Å². The number of carbonyl (C=O) groups is 3. The number of hydrogen-bond donors (Lipinski definition) is 1. The highest BCUT2D eigenvalue weighted by Crippen LogP contribution is 2.39. The lowest BCUT2D eigenvalue weighted by Crippen LogP contribution is -2.33. The van der Waals surface area contributed by atoms with E-state index in [9.17, 15) is 14.4 Å². The van der Waals surface area contributed by atoms with E-state index in [2.05, 4.69) is 5.32 Å². The lowest BCUT2D eigenvalue weighted by Gasteiger charge is -2.18. The van der Waals surface area contributed by atoms with Crippen LogP contribution < -0.4 is 15.0 Å². The predicted molar refractivity (Wildman–Crippen MR) is 135 cm³/mol. The average molecular weight is 489 g/mol. The van der Waals surface area contributed by atoms with Crippen LogP contribution in [-0.2, 0) is 14.3 Å². The second kappa shape index (κ2) is 10.9. The van der Waals surface area contributed by atoms with E-state index in [1.54, 1.807) is 55.6 Å². The van der Waals surface area contributed by atoms with E-state index in [-0.39, 0.29) is 28.5 Å². The number of nitrogens with one attached hydrogen (secondary N) is 1. The van der Waals surface area contributed by atoms with Gasteiger partial charge in [-0.05, 0) is 42.8 Å². The van der Waals surface area contributed by atoms with Gasteiger partial charge in [-0.1, -0.05) is 55.1 Å². The van der Waals surface area contributed by atoms with Gasteiger partial charge >= 0.3 is 5.97 Å². The average Bonchev–Trinajstić information content (AvgIpc) is 3.11. The molecule has 2 amide bonds. The fourth-order valence-corrected chi connectivity index (χ4v) is 4.45. The van der Waals surface area contributed by atoms with E-state index in [1.807, 2.05) is 37.3 Å². The molecule has 0 aliphatic carbocycles. The summed E-state index contributed by atoms with van der Waals surface area (Å²) in [6.45, 7) is 2.13. The fraction of sp³-hybridized carbons (Fsp3) is 0.148. The van der Waals surface area contributed by atoms with Crippen LogP contribution in [-0.4, -0.2) is 31.5 Å². The maximum absolute atomic E-state index is 13.7. The number of ether oxygens (including phenoxy) is 2. The van der Waals surface area contributed by atoms with Crippen molar-refractivity contribution in [1.82, 2.24) is 0 Å². The summed E-state index contributed by atoms with van der Waals surface area (Å²) in [7, 11) is 1.55. The van der Waals surface area contributed by atoms with Gasteiger partial charge in [-0.25, -0.2) is 9.69 Å². The molecular formula is C27H24N2O5S. The Morgan fingerprint density at radius 2 is 1.69 bits per heavy atom. The van der Waals surface area contributed by atoms with Gasteiger partial charge in [-0.15, -0.1) is 0 Å². The van der Waals surface area contributed by atoms with Crippen molar-refractivity contribution in [3.63, 3.8) is 0 Å². The highest BCUT2D eigenvalue weighted by atomic mass is 32.2. The molecule has 0 atom stereocenters. The van der Waals surface area contributed by atoms with Crippen molar-refractivity contribution in [2.45, 2.75) is 18.2 Å². The van der Waals surface area contributed by atoms with Gasteiger partial charge in [0, 0.05) is 16.6 Å². The monoisotopic (exact) mass is 488 g/mol. The van der Waals surface area contributed by atoms with Crippen LogP contribution in [0.1, 0.15) is 23.7 Å². The number of rotatable bonds is 9. The van der Waals surface area contributed by atoms with Gasteiger partial charge in [-0.3, -0.25) is 9.59 Å². The molecule has 0 saturated carbocycles. The first-order valence-electron chi connectivity index (χ1n) is 11.1. The van der Waals surface area contributed by atoms with Gasteiger partial charge in [0.15, 0.2) is 0 Å². The fourth-order valence-electron chi connectivity index (χ4n) is 3.50. The molecule has 0 unspecified atom stereocenters. The number of para-hydroxylation sites is 1. The van der Waals surface area contributed by atoms with Gasteiger partial charge in [0.2, 0.25) is 0 Å². The van der Waals surface area contributed by atoms with Gasteiger partial charge < -0.3 is 14.8 Å².